The minimum absolute atomic E-state index is 0.133. The molecule has 94 valence electrons. The third-order valence-corrected chi connectivity index (χ3v) is 2.13. The molecule has 1 rings (SSSR count). The predicted molar refractivity (Wildman–Crippen MR) is 55.7 cm³/mol. The average Bonchev–Trinajstić information content (AvgIpc) is 2.15. The summed E-state index contributed by atoms with van der Waals surface area (Å²) in [4.78, 5) is 10.7. The van der Waals surface area contributed by atoms with Gasteiger partial charge in [-0.25, -0.2) is 0 Å². The number of hydrogen-bond acceptors (Lipinski definition) is 2. The Morgan fingerprint density at radius 3 is 2.47 bits per heavy atom. The minimum Gasteiger partial charge on any atom is -0.481 e. The smallest absolute Gasteiger partial charge is 0.416 e. The molecule has 0 aliphatic heterocycles. The zero-order valence-corrected chi connectivity index (χ0v) is 9.47. The van der Waals surface area contributed by atoms with Gasteiger partial charge >= 0.3 is 6.18 Å². The van der Waals surface area contributed by atoms with Gasteiger partial charge in [-0.15, -0.1) is 0 Å². The number of benzene rings is 1. The molecule has 0 saturated carbocycles. The van der Waals surface area contributed by atoms with Crippen molar-refractivity contribution in [2.75, 3.05) is 0 Å². The van der Waals surface area contributed by atoms with Crippen molar-refractivity contribution in [2.45, 2.75) is 19.2 Å². The van der Waals surface area contributed by atoms with E-state index in [2.05, 4.69) is 0 Å². The summed E-state index contributed by atoms with van der Waals surface area (Å²) in [6, 6.07) is 2.70. The topological polar surface area (TPSA) is 52.3 Å². The van der Waals surface area contributed by atoms with E-state index in [0.29, 0.717) is 0 Å². The molecule has 7 heteroatoms. The Bertz CT molecular complexity index is 434. The van der Waals surface area contributed by atoms with Crippen LogP contribution in [0.1, 0.15) is 12.5 Å². The van der Waals surface area contributed by atoms with Gasteiger partial charge in [-0.1, -0.05) is 11.6 Å². The molecule has 0 radical (unpaired) electrons. The Morgan fingerprint density at radius 2 is 2.00 bits per heavy atom. The summed E-state index contributed by atoms with van der Waals surface area (Å²) in [6.45, 7) is 1.33. The van der Waals surface area contributed by atoms with Crippen LogP contribution in [0.3, 0.4) is 0 Å². The van der Waals surface area contributed by atoms with E-state index in [1.54, 1.807) is 0 Å². The van der Waals surface area contributed by atoms with Crippen LogP contribution in [0.4, 0.5) is 13.2 Å². The molecule has 0 unspecified atom stereocenters. The Hall–Kier alpha value is -1.43. The van der Waals surface area contributed by atoms with Crippen molar-refractivity contribution in [1.82, 2.24) is 0 Å². The number of carbonyl (C=O) groups excluding carboxylic acids is 1. The first-order chi connectivity index (χ1) is 7.70. The van der Waals surface area contributed by atoms with Crippen molar-refractivity contribution in [2.24, 2.45) is 5.73 Å². The highest BCUT2D eigenvalue weighted by Gasteiger charge is 2.31. The number of nitrogens with two attached hydrogens (primary N) is 1. The van der Waals surface area contributed by atoms with E-state index in [1.165, 1.54) is 13.0 Å². The number of alkyl halides is 3. The van der Waals surface area contributed by atoms with Crippen molar-refractivity contribution in [3.05, 3.63) is 28.8 Å². The molecule has 0 fully saturated rings. The summed E-state index contributed by atoms with van der Waals surface area (Å²) in [6.07, 6.45) is -5.56. The highest BCUT2D eigenvalue weighted by atomic mass is 35.5. The van der Waals surface area contributed by atoms with E-state index in [-0.39, 0.29) is 10.8 Å². The number of amides is 1. The van der Waals surface area contributed by atoms with Gasteiger partial charge in [0.1, 0.15) is 5.75 Å². The van der Waals surface area contributed by atoms with Crippen molar-refractivity contribution in [3.8, 4) is 5.75 Å². The van der Waals surface area contributed by atoms with E-state index in [9.17, 15) is 18.0 Å². The number of rotatable bonds is 3. The minimum atomic E-state index is -4.53. The van der Waals surface area contributed by atoms with Crippen molar-refractivity contribution in [3.63, 3.8) is 0 Å². The Kier molecular flexibility index (Phi) is 3.87. The highest BCUT2D eigenvalue weighted by molar-refractivity contribution is 6.30. The molecule has 0 aliphatic rings. The second-order valence-corrected chi connectivity index (χ2v) is 3.77. The number of ether oxygens (including phenoxy) is 1. The van der Waals surface area contributed by atoms with Crippen molar-refractivity contribution in [1.29, 1.82) is 0 Å². The molecule has 0 heterocycles. The quantitative estimate of drug-likeness (QED) is 0.915. The molecule has 3 nitrogen and oxygen atoms in total. The molecular weight excluding hydrogens is 259 g/mol. The Balaban J connectivity index is 3.02. The second kappa shape index (κ2) is 4.83. The van der Waals surface area contributed by atoms with E-state index in [1.807, 2.05) is 0 Å². The van der Waals surface area contributed by atoms with Crippen LogP contribution in [0, 0.1) is 0 Å². The molecule has 0 bridgehead atoms. The molecule has 0 spiro atoms. The molecule has 1 amide bonds. The molecule has 1 aromatic carbocycles. The first kappa shape index (κ1) is 13.6. The van der Waals surface area contributed by atoms with Crippen LogP contribution >= 0.6 is 11.6 Å². The lowest BCUT2D eigenvalue weighted by molar-refractivity contribution is -0.137. The summed E-state index contributed by atoms with van der Waals surface area (Å²) >= 11 is 5.52. The lowest BCUT2D eigenvalue weighted by atomic mass is 10.2. The van der Waals surface area contributed by atoms with Crippen molar-refractivity contribution < 1.29 is 22.7 Å². The maximum Gasteiger partial charge on any atom is 0.416 e. The number of carbonyl (C=O) groups is 1. The third kappa shape index (κ3) is 3.81. The maximum absolute atomic E-state index is 12.4. The number of halogens is 4. The molecule has 17 heavy (non-hydrogen) atoms. The summed E-state index contributed by atoms with van der Waals surface area (Å²) < 4.78 is 42.2. The summed E-state index contributed by atoms with van der Waals surface area (Å²) in [5.41, 5.74) is 3.98. The predicted octanol–water partition coefficient (Wildman–Crippen LogP) is 2.61. The van der Waals surface area contributed by atoms with Crippen LogP contribution in [-0.4, -0.2) is 12.0 Å². The number of primary amides is 1. The third-order valence-electron chi connectivity index (χ3n) is 1.91. The van der Waals surface area contributed by atoms with Crippen LogP contribution < -0.4 is 10.5 Å². The van der Waals surface area contributed by atoms with Gasteiger partial charge in [0.2, 0.25) is 0 Å². The van der Waals surface area contributed by atoms with E-state index in [4.69, 9.17) is 22.1 Å². The average molecular weight is 268 g/mol. The lowest BCUT2D eigenvalue weighted by Gasteiger charge is -2.14. The van der Waals surface area contributed by atoms with E-state index >= 15 is 0 Å². The van der Waals surface area contributed by atoms with Crippen LogP contribution in [0.5, 0.6) is 5.75 Å². The molecule has 2 N–H and O–H groups in total. The summed E-state index contributed by atoms with van der Waals surface area (Å²) in [7, 11) is 0. The van der Waals surface area contributed by atoms with Gasteiger partial charge in [-0.3, -0.25) is 4.79 Å². The lowest BCUT2D eigenvalue weighted by Crippen LogP contribution is -2.30. The Morgan fingerprint density at radius 1 is 1.41 bits per heavy atom. The number of hydrogen-bond donors (Lipinski definition) is 1. The summed E-state index contributed by atoms with van der Waals surface area (Å²) in [5, 5.41) is -0.133. The molecule has 0 aliphatic carbocycles. The van der Waals surface area contributed by atoms with Gasteiger partial charge in [0.05, 0.1) is 5.56 Å². The zero-order valence-electron chi connectivity index (χ0n) is 8.72. The monoisotopic (exact) mass is 267 g/mol. The van der Waals surface area contributed by atoms with Gasteiger partial charge in [0.15, 0.2) is 6.10 Å². The van der Waals surface area contributed by atoms with E-state index < -0.39 is 23.8 Å². The van der Waals surface area contributed by atoms with Crippen LogP contribution in [0.25, 0.3) is 0 Å². The van der Waals surface area contributed by atoms with Crippen LogP contribution in [0.15, 0.2) is 18.2 Å². The second-order valence-electron chi connectivity index (χ2n) is 3.34. The standard InChI is InChI=1S/C10H9ClF3NO2/c1-5(9(15)16)17-8-3-6(10(12,13)14)2-7(11)4-8/h2-5H,1H3,(H2,15,16)/t5-/m1/s1. The molecule has 1 atom stereocenters. The molecule has 1 aromatic rings. The first-order valence-corrected chi connectivity index (χ1v) is 4.91. The fraction of sp³-hybridized carbons (Fsp3) is 0.300. The van der Waals surface area contributed by atoms with Gasteiger partial charge in [0.25, 0.3) is 5.91 Å². The van der Waals surface area contributed by atoms with Gasteiger partial charge in [0, 0.05) is 5.02 Å². The zero-order chi connectivity index (χ0) is 13.2. The molecule has 0 aromatic heterocycles. The fourth-order valence-electron chi connectivity index (χ4n) is 1.06. The van der Waals surface area contributed by atoms with Crippen LogP contribution in [0.2, 0.25) is 5.02 Å². The summed E-state index contributed by atoms with van der Waals surface area (Å²) in [5.74, 6) is -0.936. The molecular formula is C10H9ClF3NO2. The Labute approximate surface area is 100 Å². The van der Waals surface area contributed by atoms with E-state index in [0.717, 1.165) is 12.1 Å². The highest BCUT2D eigenvalue weighted by Crippen LogP contribution is 2.34. The first-order valence-electron chi connectivity index (χ1n) is 4.54. The molecule has 0 saturated heterocycles. The van der Waals surface area contributed by atoms with Crippen LogP contribution in [-0.2, 0) is 11.0 Å². The SMILES string of the molecule is C[C@@H](Oc1cc(Cl)cc(C(F)(F)F)c1)C(N)=O. The fourth-order valence-corrected chi connectivity index (χ4v) is 1.28. The van der Waals surface area contributed by atoms with Gasteiger partial charge in [-0.2, -0.15) is 13.2 Å². The largest absolute Gasteiger partial charge is 0.481 e. The van der Waals surface area contributed by atoms with Gasteiger partial charge in [-0.05, 0) is 25.1 Å². The normalized spacial score (nSPS) is 13.2. The van der Waals surface area contributed by atoms with Gasteiger partial charge < -0.3 is 10.5 Å². The maximum atomic E-state index is 12.4. The van der Waals surface area contributed by atoms with Crippen molar-refractivity contribution >= 4 is 17.5 Å².